The van der Waals surface area contributed by atoms with Crippen molar-refractivity contribution in [3.05, 3.63) is 29.3 Å². The van der Waals surface area contributed by atoms with Gasteiger partial charge in [-0.2, -0.15) is 0 Å². The monoisotopic (exact) mass is 264 g/mol. The van der Waals surface area contributed by atoms with Crippen LogP contribution < -0.4 is 4.74 Å². The van der Waals surface area contributed by atoms with Crippen molar-refractivity contribution in [1.29, 1.82) is 0 Å². The summed E-state index contributed by atoms with van der Waals surface area (Å²) >= 11 is 5.60. The third-order valence-corrected chi connectivity index (χ3v) is 3.02. The Kier molecular flexibility index (Phi) is 4.92. The van der Waals surface area contributed by atoms with Crippen LogP contribution >= 0.6 is 11.6 Å². The molecule has 0 amide bonds. The lowest BCUT2D eigenvalue weighted by atomic mass is 10.1. The van der Waals surface area contributed by atoms with E-state index in [0.717, 1.165) is 37.4 Å². The van der Waals surface area contributed by atoms with E-state index in [0.29, 0.717) is 5.88 Å². The van der Waals surface area contributed by atoms with Crippen LogP contribution in [-0.2, 0) is 4.74 Å². The van der Waals surface area contributed by atoms with Crippen LogP contribution in [0.5, 0.6) is 5.75 Å². The van der Waals surface area contributed by atoms with Crippen molar-refractivity contribution in [3.8, 4) is 17.6 Å². The average molecular weight is 265 g/mol. The molecule has 0 unspecified atom stereocenters. The molecule has 0 atom stereocenters. The molecule has 3 heteroatoms. The summed E-state index contributed by atoms with van der Waals surface area (Å²) in [4.78, 5) is 0. The van der Waals surface area contributed by atoms with E-state index in [2.05, 4.69) is 11.8 Å². The summed E-state index contributed by atoms with van der Waals surface area (Å²) in [6.45, 7) is 3.60. The summed E-state index contributed by atoms with van der Waals surface area (Å²) in [6, 6.07) is 6.07. The molecule has 1 aliphatic rings. The number of ether oxygens (including phenoxy) is 2. The molecule has 0 saturated carbocycles. The van der Waals surface area contributed by atoms with E-state index in [1.165, 1.54) is 5.56 Å². The predicted octanol–water partition coefficient (Wildman–Crippen LogP) is 3.14. The van der Waals surface area contributed by atoms with Gasteiger partial charge in [0.2, 0.25) is 0 Å². The van der Waals surface area contributed by atoms with Gasteiger partial charge >= 0.3 is 0 Å². The molecule has 1 aromatic carbocycles. The third-order valence-electron chi connectivity index (χ3n) is 2.89. The summed E-state index contributed by atoms with van der Waals surface area (Å²) in [5, 5.41) is 0. The smallest absolute Gasteiger partial charge is 0.135 e. The molecule has 18 heavy (non-hydrogen) atoms. The molecule has 1 aliphatic heterocycles. The number of alkyl halides is 1. The molecule has 1 heterocycles. The van der Waals surface area contributed by atoms with Gasteiger partial charge in [-0.1, -0.05) is 17.9 Å². The van der Waals surface area contributed by atoms with Gasteiger partial charge in [-0.3, -0.25) is 0 Å². The van der Waals surface area contributed by atoms with Crippen molar-refractivity contribution in [2.24, 2.45) is 0 Å². The minimum Gasteiger partial charge on any atom is -0.489 e. The van der Waals surface area contributed by atoms with Gasteiger partial charge < -0.3 is 9.47 Å². The van der Waals surface area contributed by atoms with E-state index >= 15 is 0 Å². The summed E-state index contributed by atoms with van der Waals surface area (Å²) in [5.74, 6) is 7.13. The molecule has 0 aliphatic carbocycles. The standard InChI is InChI=1S/C15H17ClO2/c1-12-4-5-15(13(11-12)3-2-8-16)18-14-6-9-17-10-7-14/h4-5,11,14H,6-10H2,1H3. The highest BCUT2D eigenvalue weighted by atomic mass is 35.5. The second-order valence-corrected chi connectivity index (χ2v) is 4.63. The van der Waals surface area contributed by atoms with Crippen LogP contribution in [0.4, 0.5) is 0 Å². The number of hydrogen-bond acceptors (Lipinski definition) is 2. The molecule has 2 nitrogen and oxygen atoms in total. The molecule has 0 radical (unpaired) electrons. The van der Waals surface area contributed by atoms with Gasteiger partial charge in [-0.15, -0.1) is 11.6 Å². The molecule has 2 rings (SSSR count). The molecular formula is C15H17ClO2. The van der Waals surface area contributed by atoms with Crippen LogP contribution in [-0.4, -0.2) is 25.2 Å². The second kappa shape index (κ2) is 6.68. The molecule has 0 bridgehead atoms. The van der Waals surface area contributed by atoms with Gasteiger partial charge in [-0.25, -0.2) is 0 Å². The van der Waals surface area contributed by atoms with Crippen LogP contribution in [0.15, 0.2) is 18.2 Å². The Morgan fingerprint density at radius 2 is 2.17 bits per heavy atom. The van der Waals surface area contributed by atoms with Crippen LogP contribution in [0.2, 0.25) is 0 Å². The molecule has 0 N–H and O–H groups in total. The Balaban J connectivity index is 2.15. The van der Waals surface area contributed by atoms with Crippen molar-refractivity contribution < 1.29 is 9.47 Å². The summed E-state index contributed by atoms with van der Waals surface area (Å²) in [6.07, 6.45) is 2.12. The third kappa shape index (κ3) is 3.66. The molecule has 96 valence electrons. The maximum atomic E-state index is 6.01. The summed E-state index contributed by atoms with van der Waals surface area (Å²) < 4.78 is 11.3. The minimum atomic E-state index is 0.234. The van der Waals surface area contributed by atoms with Crippen LogP contribution in [0.3, 0.4) is 0 Å². The van der Waals surface area contributed by atoms with Crippen molar-refractivity contribution in [2.45, 2.75) is 25.9 Å². The van der Waals surface area contributed by atoms with Crippen molar-refractivity contribution in [1.82, 2.24) is 0 Å². The molecule has 1 fully saturated rings. The molecule has 0 aromatic heterocycles. The predicted molar refractivity (Wildman–Crippen MR) is 73.2 cm³/mol. The highest BCUT2D eigenvalue weighted by Crippen LogP contribution is 2.23. The molecule has 1 saturated heterocycles. The summed E-state index contributed by atoms with van der Waals surface area (Å²) in [5.41, 5.74) is 2.09. The van der Waals surface area contributed by atoms with E-state index in [-0.39, 0.29) is 6.10 Å². The van der Waals surface area contributed by atoms with Gasteiger partial charge in [0.15, 0.2) is 0 Å². The first-order valence-electron chi connectivity index (χ1n) is 6.19. The van der Waals surface area contributed by atoms with E-state index in [1.54, 1.807) is 0 Å². The zero-order chi connectivity index (χ0) is 12.8. The first-order valence-corrected chi connectivity index (χ1v) is 6.73. The Morgan fingerprint density at radius 1 is 1.39 bits per heavy atom. The van der Waals surface area contributed by atoms with Crippen molar-refractivity contribution in [3.63, 3.8) is 0 Å². The highest BCUT2D eigenvalue weighted by molar-refractivity contribution is 6.19. The fourth-order valence-corrected chi connectivity index (χ4v) is 2.01. The second-order valence-electron chi connectivity index (χ2n) is 4.36. The van der Waals surface area contributed by atoms with Crippen LogP contribution in [0.1, 0.15) is 24.0 Å². The lowest BCUT2D eigenvalue weighted by molar-refractivity contribution is 0.0254. The normalized spacial score (nSPS) is 15.9. The van der Waals surface area contributed by atoms with E-state index in [9.17, 15) is 0 Å². The first-order chi connectivity index (χ1) is 8.79. The van der Waals surface area contributed by atoms with E-state index in [4.69, 9.17) is 21.1 Å². The largest absolute Gasteiger partial charge is 0.489 e. The lowest BCUT2D eigenvalue weighted by Crippen LogP contribution is -2.26. The topological polar surface area (TPSA) is 18.5 Å². The van der Waals surface area contributed by atoms with E-state index < -0.39 is 0 Å². The van der Waals surface area contributed by atoms with Gasteiger partial charge in [0.05, 0.1) is 24.7 Å². The quantitative estimate of drug-likeness (QED) is 0.604. The van der Waals surface area contributed by atoms with Gasteiger partial charge in [-0.05, 0) is 24.6 Å². The maximum absolute atomic E-state index is 6.01. The fraction of sp³-hybridized carbons (Fsp3) is 0.467. The van der Waals surface area contributed by atoms with Crippen LogP contribution in [0.25, 0.3) is 0 Å². The maximum Gasteiger partial charge on any atom is 0.135 e. The SMILES string of the molecule is Cc1ccc(OC2CCOCC2)c(C#CCCl)c1. The van der Waals surface area contributed by atoms with Gasteiger partial charge in [0.1, 0.15) is 11.9 Å². The zero-order valence-electron chi connectivity index (χ0n) is 10.5. The lowest BCUT2D eigenvalue weighted by Gasteiger charge is -2.24. The number of halogens is 1. The Hall–Kier alpha value is -1.17. The minimum absolute atomic E-state index is 0.234. The number of benzene rings is 1. The van der Waals surface area contributed by atoms with Gasteiger partial charge in [0, 0.05) is 12.8 Å². The van der Waals surface area contributed by atoms with Gasteiger partial charge in [0.25, 0.3) is 0 Å². The van der Waals surface area contributed by atoms with Crippen LogP contribution in [0, 0.1) is 18.8 Å². The van der Waals surface area contributed by atoms with Crippen molar-refractivity contribution in [2.75, 3.05) is 19.1 Å². The number of hydrogen-bond donors (Lipinski definition) is 0. The fourth-order valence-electron chi connectivity index (χ4n) is 1.95. The molecule has 1 aromatic rings. The zero-order valence-corrected chi connectivity index (χ0v) is 11.3. The first kappa shape index (κ1) is 13.3. The Morgan fingerprint density at radius 3 is 2.89 bits per heavy atom. The Bertz CT molecular complexity index is 453. The Labute approximate surface area is 113 Å². The van der Waals surface area contributed by atoms with Crippen molar-refractivity contribution >= 4 is 11.6 Å². The molecular weight excluding hydrogens is 248 g/mol. The highest BCUT2D eigenvalue weighted by Gasteiger charge is 2.16. The average Bonchev–Trinajstić information content (AvgIpc) is 2.40. The number of aryl methyl sites for hydroxylation is 1. The number of rotatable bonds is 2. The van der Waals surface area contributed by atoms with E-state index in [1.807, 2.05) is 25.1 Å². The summed E-state index contributed by atoms with van der Waals surface area (Å²) in [7, 11) is 0. The molecule has 0 spiro atoms.